The van der Waals surface area contributed by atoms with Crippen molar-refractivity contribution in [3.8, 4) is 0 Å². The lowest BCUT2D eigenvalue weighted by molar-refractivity contribution is -0.122. The number of anilines is 2. The zero-order chi connectivity index (χ0) is 29.1. The molecule has 3 aliphatic carbocycles. The van der Waals surface area contributed by atoms with Crippen LogP contribution in [0.4, 0.5) is 11.4 Å². The Bertz CT molecular complexity index is 1680. The number of nitrogens with one attached hydrogen (secondary N) is 1. The molecule has 0 radical (unpaired) electrons. The molecule has 2 atom stereocenters. The molecular formula is C35H28N2O5. The van der Waals surface area contributed by atoms with Crippen molar-refractivity contribution in [1.82, 2.24) is 0 Å². The van der Waals surface area contributed by atoms with E-state index in [0.717, 1.165) is 33.4 Å². The molecule has 0 unspecified atom stereocenters. The molecule has 0 aromatic heterocycles. The number of nitrogens with zero attached hydrogens (tertiary/aromatic N) is 1. The SMILES string of the molecule is Cc1cccc(C)c1NC(=O)COC(=O)c1ccccc1N1C(=O)[C@@H]2C3c4ccccc4C(c4ccccc43)[C@H]2C1=O. The predicted molar refractivity (Wildman–Crippen MR) is 157 cm³/mol. The van der Waals surface area contributed by atoms with Crippen LogP contribution >= 0.6 is 0 Å². The Morgan fingerprint density at radius 3 is 1.69 bits per heavy atom. The van der Waals surface area contributed by atoms with Crippen molar-refractivity contribution in [2.75, 3.05) is 16.8 Å². The number of amides is 3. The van der Waals surface area contributed by atoms with Crippen LogP contribution in [0.5, 0.6) is 0 Å². The van der Waals surface area contributed by atoms with Crippen LogP contribution < -0.4 is 10.2 Å². The Kier molecular flexibility index (Phi) is 6.04. The highest BCUT2D eigenvalue weighted by atomic mass is 16.5. The Labute approximate surface area is 243 Å². The first-order chi connectivity index (χ1) is 20.4. The third-order valence-electron chi connectivity index (χ3n) is 8.89. The van der Waals surface area contributed by atoms with Gasteiger partial charge in [-0.25, -0.2) is 9.69 Å². The number of hydrogen-bond donors (Lipinski definition) is 1. The summed E-state index contributed by atoms with van der Waals surface area (Å²) in [5.41, 5.74) is 7.00. The molecule has 1 aliphatic heterocycles. The molecule has 3 amide bonds. The van der Waals surface area contributed by atoms with E-state index in [2.05, 4.69) is 5.32 Å². The summed E-state index contributed by atoms with van der Waals surface area (Å²) >= 11 is 0. The summed E-state index contributed by atoms with van der Waals surface area (Å²) < 4.78 is 5.39. The van der Waals surface area contributed by atoms with Gasteiger partial charge in [0.15, 0.2) is 6.61 Å². The molecule has 7 nitrogen and oxygen atoms in total. The minimum Gasteiger partial charge on any atom is -0.452 e. The maximum atomic E-state index is 14.2. The summed E-state index contributed by atoms with van der Waals surface area (Å²) in [4.78, 5) is 55.4. The highest BCUT2D eigenvalue weighted by Gasteiger charge is 2.62. The van der Waals surface area contributed by atoms with Crippen LogP contribution in [0.25, 0.3) is 0 Å². The molecule has 208 valence electrons. The number of aryl methyl sites for hydroxylation is 2. The Hall–Kier alpha value is -5.04. The third kappa shape index (κ3) is 3.80. The standard InChI is InChI=1S/C35H28N2O5/c1-19-10-9-11-20(2)32(19)36-27(38)18-42-35(41)25-16-7-8-17-26(25)37-33(39)30-28-21-12-3-4-13-22(21)29(31(30)34(37)40)24-15-6-5-14-23(24)28/h3-17,28-31H,18H2,1-2H3,(H,36,38)/t28?,29?,30-,31-/m1/s1. The van der Waals surface area contributed by atoms with Crippen molar-refractivity contribution in [3.63, 3.8) is 0 Å². The maximum Gasteiger partial charge on any atom is 0.340 e. The summed E-state index contributed by atoms with van der Waals surface area (Å²) in [6, 6.07) is 28.2. The van der Waals surface area contributed by atoms with Gasteiger partial charge in [0.1, 0.15) is 0 Å². The van der Waals surface area contributed by atoms with Gasteiger partial charge >= 0.3 is 5.97 Å². The molecule has 1 heterocycles. The molecule has 4 aliphatic rings. The van der Waals surface area contributed by atoms with Crippen LogP contribution in [-0.2, 0) is 19.1 Å². The Morgan fingerprint density at radius 1 is 0.690 bits per heavy atom. The molecule has 42 heavy (non-hydrogen) atoms. The van der Waals surface area contributed by atoms with E-state index >= 15 is 0 Å². The van der Waals surface area contributed by atoms with Gasteiger partial charge in [-0.3, -0.25) is 14.4 Å². The van der Waals surface area contributed by atoms with E-state index in [-0.39, 0.29) is 34.9 Å². The second-order valence-corrected chi connectivity index (χ2v) is 11.2. The molecular weight excluding hydrogens is 528 g/mol. The second kappa shape index (κ2) is 9.80. The second-order valence-electron chi connectivity index (χ2n) is 11.2. The molecule has 2 bridgehead atoms. The Morgan fingerprint density at radius 2 is 1.17 bits per heavy atom. The van der Waals surface area contributed by atoms with E-state index in [9.17, 15) is 19.2 Å². The average Bonchev–Trinajstić information content (AvgIpc) is 3.27. The van der Waals surface area contributed by atoms with Crippen LogP contribution in [0, 0.1) is 25.7 Å². The molecule has 0 saturated carbocycles. The average molecular weight is 557 g/mol. The van der Waals surface area contributed by atoms with Gasteiger partial charge in [0.2, 0.25) is 11.8 Å². The van der Waals surface area contributed by atoms with Gasteiger partial charge in [0.05, 0.1) is 23.1 Å². The summed E-state index contributed by atoms with van der Waals surface area (Å²) in [6.07, 6.45) is 0. The number of imide groups is 1. The van der Waals surface area contributed by atoms with Crippen molar-refractivity contribution in [2.24, 2.45) is 11.8 Å². The minimum absolute atomic E-state index is 0.0556. The normalized spacial score (nSPS) is 21.4. The van der Waals surface area contributed by atoms with Crippen molar-refractivity contribution in [1.29, 1.82) is 0 Å². The molecule has 8 rings (SSSR count). The highest BCUT2D eigenvalue weighted by molar-refractivity contribution is 6.25. The molecule has 1 N–H and O–H groups in total. The van der Waals surface area contributed by atoms with E-state index in [1.807, 2.05) is 80.6 Å². The van der Waals surface area contributed by atoms with Crippen molar-refractivity contribution < 1.29 is 23.9 Å². The molecule has 4 aromatic rings. The van der Waals surface area contributed by atoms with Crippen LogP contribution in [-0.4, -0.2) is 30.3 Å². The fraction of sp³-hybridized carbons (Fsp3) is 0.200. The van der Waals surface area contributed by atoms with E-state index in [4.69, 9.17) is 4.74 Å². The van der Waals surface area contributed by atoms with Crippen molar-refractivity contribution in [2.45, 2.75) is 25.7 Å². The van der Waals surface area contributed by atoms with Crippen LogP contribution in [0.3, 0.4) is 0 Å². The van der Waals surface area contributed by atoms with Gasteiger partial charge < -0.3 is 10.1 Å². The zero-order valence-electron chi connectivity index (χ0n) is 23.2. The largest absolute Gasteiger partial charge is 0.452 e. The third-order valence-corrected chi connectivity index (χ3v) is 8.89. The maximum absolute atomic E-state index is 14.2. The van der Waals surface area contributed by atoms with Crippen LogP contribution in [0.15, 0.2) is 91.0 Å². The first-order valence-electron chi connectivity index (χ1n) is 14.0. The van der Waals surface area contributed by atoms with Gasteiger partial charge in [-0.15, -0.1) is 0 Å². The van der Waals surface area contributed by atoms with Crippen molar-refractivity contribution in [3.05, 3.63) is 130 Å². The number of ether oxygens (including phenoxy) is 1. The summed E-state index contributed by atoms with van der Waals surface area (Å²) in [6.45, 7) is 3.26. The molecule has 0 spiro atoms. The smallest absolute Gasteiger partial charge is 0.340 e. The van der Waals surface area contributed by atoms with Crippen molar-refractivity contribution >= 4 is 35.1 Å². The van der Waals surface area contributed by atoms with E-state index in [1.165, 1.54) is 11.0 Å². The first kappa shape index (κ1) is 25.9. The molecule has 4 aromatic carbocycles. The number of esters is 1. The zero-order valence-corrected chi connectivity index (χ0v) is 23.2. The van der Waals surface area contributed by atoms with Gasteiger partial charge in [0, 0.05) is 17.5 Å². The van der Waals surface area contributed by atoms with E-state index in [1.54, 1.807) is 18.2 Å². The summed E-state index contributed by atoms with van der Waals surface area (Å²) in [5.74, 6) is -3.55. The quantitative estimate of drug-likeness (QED) is 0.259. The number of rotatable bonds is 5. The highest BCUT2D eigenvalue weighted by Crippen LogP contribution is 2.61. The molecule has 7 heteroatoms. The first-order valence-corrected chi connectivity index (χ1v) is 14.0. The van der Waals surface area contributed by atoms with E-state index < -0.39 is 30.3 Å². The topological polar surface area (TPSA) is 92.8 Å². The number of carbonyl (C=O) groups is 4. The van der Waals surface area contributed by atoms with E-state index in [0.29, 0.717) is 5.69 Å². The molecule has 1 saturated heterocycles. The number of benzene rings is 4. The predicted octanol–water partition coefficient (Wildman–Crippen LogP) is 5.50. The summed E-state index contributed by atoms with van der Waals surface area (Å²) in [5, 5.41) is 2.80. The van der Waals surface area contributed by atoms with Gasteiger partial charge in [-0.1, -0.05) is 78.9 Å². The Balaban J connectivity index is 1.18. The number of hydrogen-bond acceptors (Lipinski definition) is 5. The lowest BCUT2D eigenvalue weighted by atomic mass is 9.55. The lowest BCUT2D eigenvalue weighted by Crippen LogP contribution is -2.41. The monoisotopic (exact) mass is 556 g/mol. The van der Waals surface area contributed by atoms with Gasteiger partial charge in [-0.2, -0.15) is 0 Å². The lowest BCUT2D eigenvalue weighted by Gasteiger charge is -2.45. The summed E-state index contributed by atoms with van der Waals surface area (Å²) in [7, 11) is 0. The number of para-hydroxylation sites is 2. The van der Waals surface area contributed by atoms with Crippen LogP contribution in [0.1, 0.15) is 55.6 Å². The van der Waals surface area contributed by atoms with Gasteiger partial charge in [0.25, 0.3) is 5.91 Å². The number of carbonyl (C=O) groups excluding carboxylic acids is 4. The minimum atomic E-state index is -0.785. The van der Waals surface area contributed by atoms with Gasteiger partial charge in [-0.05, 0) is 59.4 Å². The fourth-order valence-electron chi connectivity index (χ4n) is 7.15. The fourth-order valence-corrected chi connectivity index (χ4v) is 7.15. The van der Waals surface area contributed by atoms with Crippen LogP contribution in [0.2, 0.25) is 0 Å². The molecule has 1 fully saturated rings.